The van der Waals surface area contributed by atoms with Gasteiger partial charge in [0.05, 0.1) is 0 Å². The van der Waals surface area contributed by atoms with Crippen molar-refractivity contribution in [3.63, 3.8) is 0 Å². The van der Waals surface area contributed by atoms with Crippen LogP contribution < -0.4 is 10.6 Å². The van der Waals surface area contributed by atoms with Crippen molar-refractivity contribution in [2.75, 3.05) is 19.8 Å². The number of hydrogen-bond donors (Lipinski definition) is 2. The molecular weight excluding hydrogens is 244 g/mol. The Labute approximate surface area is 117 Å². The largest absolute Gasteiger partial charge is 0.382 e. The maximum Gasteiger partial charge on any atom is 0.166 e. The van der Waals surface area contributed by atoms with Gasteiger partial charge in [-0.05, 0) is 38.4 Å². The van der Waals surface area contributed by atoms with Gasteiger partial charge in [-0.1, -0.05) is 32.1 Å². The van der Waals surface area contributed by atoms with Crippen molar-refractivity contribution in [2.24, 2.45) is 0 Å². The average molecular weight is 272 g/mol. The molecule has 1 rings (SSSR count). The molecule has 0 spiro atoms. The van der Waals surface area contributed by atoms with Gasteiger partial charge in [0, 0.05) is 25.8 Å². The van der Waals surface area contributed by atoms with Crippen LogP contribution in [0.1, 0.15) is 58.3 Å². The van der Waals surface area contributed by atoms with Gasteiger partial charge in [0.25, 0.3) is 0 Å². The van der Waals surface area contributed by atoms with Crippen molar-refractivity contribution in [1.82, 2.24) is 10.6 Å². The molecule has 0 saturated heterocycles. The van der Waals surface area contributed by atoms with Gasteiger partial charge in [0.1, 0.15) is 0 Å². The predicted molar refractivity (Wildman–Crippen MR) is 81.0 cm³/mol. The van der Waals surface area contributed by atoms with E-state index in [1.807, 2.05) is 6.92 Å². The highest BCUT2D eigenvalue weighted by molar-refractivity contribution is 7.80. The summed E-state index contributed by atoms with van der Waals surface area (Å²) in [7, 11) is 0. The zero-order valence-corrected chi connectivity index (χ0v) is 12.5. The summed E-state index contributed by atoms with van der Waals surface area (Å²) in [5.41, 5.74) is 0. The summed E-state index contributed by atoms with van der Waals surface area (Å²) in [5, 5.41) is 7.54. The highest BCUT2D eigenvalue weighted by Crippen LogP contribution is 2.16. The molecule has 3 nitrogen and oxygen atoms in total. The zero-order valence-electron chi connectivity index (χ0n) is 11.7. The zero-order chi connectivity index (χ0) is 13.1. The molecular formula is C14H28N2OS. The second-order valence-electron chi connectivity index (χ2n) is 4.99. The van der Waals surface area contributed by atoms with Gasteiger partial charge >= 0.3 is 0 Å². The first kappa shape index (κ1) is 15.7. The van der Waals surface area contributed by atoms with Crippen LogP contribution in [0.3, 0.4) is 0 Å². The minimum Gasteiger partial charge on any atom is -0.382 e. The van der Waals surface area contributed by atoms with Crippen LogP contribution in [0, 0.1) is 0 Å². The predicted octanol–water partition coefficient (Wildman–Crippen LogP) is 2.99. The first-order chi connectivity index (χ1) is 8.83. The first-order valence-corrected chi connectivity index (χ1v) is 7.86. The van der Waals surface area contributed by atoms with Crippen LogP contribution in [0.4, 0.5) is 0 Å². The van der Waals surface area contributed by atoms with Gasteiger partial charge in [-0.3, -0.25) is 0 Å². The molecule has 0 heterocycles. The monoisotopic (exact) mass is 272 g/mol. The minimum absolute atomic E-state index is 0.581. The molecule has 1 aliphatic rings. The lowest BCUT2D eigenvalue weighted by Gasteiger charge is -2.22. The topological polar surface area (TPSA) is 33.3 Å². The van der Waals surface area contributed by atoms with E-state index in [9.17, 15) is 0 Å². The second kappa shape index (κ2) is 10.6. The molecule has 1 aliphatic carbocycles. The van der Waals surface area contributed by atoms with E-state index < -0.39 is 0 Å². The summed E-state index contributed by atoms with van der Waals surface area (Å²) in [6.45, 7) is 4.53. The molecule has 1 fully saturated rings. The fourth-order valence-corrected chi connectivity index (χ4v) is 2.63. The standard InChI is InChI=1S/C14H28N2OS/c1-2-17-12-8-11-15-14(18)16-13-9-6-4-3-5-7-10-13/h13H,2-12H2,1H3,(H2,15,16,18). The maximum atomic E-state index is 5.33. The molecule has 0 bridgehead atoms. The summed E-state index contributed by atoms with van der Waals surface area (Å²) in [6, 6.07) is 0.581. The summed E-state index contributed by atoms with van der Waals surface area (Å²) in [4.78, 5) is 0. The van der Waals surface area contributed by atoms with Crippen LogP contribution in [0.5, 0.6) is 0 Å². The van der Waals surface area contributed by atoms with Gasteiger partial charge in [-0.15, -0.1) is 0 Å². The first-order valence-electron chi connectivity index (χ1n) is 7.45. The lowest BCUT2D eigenvalue weighted by atomic mass is 9.97. The molecule has 0 aromatic heterocycles. The van der Waals surface area contributed by atoms with Crippen molar-refractivity contribution in [2.45, 2.75) is 64.3 Å². The summed E-state index contributed by atoms with van der Waals surface area (Å²) in [5.74, 6) is 0. The Balaban J connectivity index is 2.06. The molecule has 0 atom stereocenters. The Morgan fingerprint density at radius 2 is 1.83 bits per heavy atom. The highest BCUT2D eigenvalue weighted by Gasteiger charge is 2.11. The maximum absolute atomic E-state index is 5.33. The Hall–Kier alpha value is -0.350. The quantitative estimate of drug-likeness (QED) is 0.575. The van der Waals surface area contributed by atoms with Crippen LogP contribution in [0.15, 0.2) is 0 Å². The molecule has 0 aliphatic heterocycles. The summed E-state index contributed by atoms with van der Waals surface area (Å²) < 4.78 is 5.29. The fourth-order valence-electron chi connectivity index (χ4n) is 2.36. The van der Waals surface area contributed by atoms with E-state index in [4.69, 9.17) is 17.0 Å². The molecule has 4 heteroatoms. The Bertz CT molecular complexity index is 216. The molecule has 0 amide bonds. The van der Waals surface area contributed by atoms with E-state index in [0.717, 1.165) is 31.3 Å². The van der Waals surface area contributed by atoms with Gasteiger partial charge in [-0.2, -0.15) is 0 Å². The number of thiocarbonyl (C=S) groups is 1. The number of hydrogen-bond acceptors (Lipinski definition) is 2. The molecule has 106 valence electrons. The molecule has 0 unspecified atom stereocenters. The van der Waals surface area contributed by atoms with Crippen LogP contribution in [-0.4, -0.2) is 30.9 Å². The third kappa shape index (κ3) is 7.88. The minimum atomic E-state index is 0.581. The van der Waals surface area contributed by atoms with Gasteiger partial charge < -0.3 is 15.4 Å². The third-order valence-corrected chi connectivity index (χ3v) is 3.66. The smallest absolute Gasteiger partial charge is 0.166 e. The average Bonchev–Trinajstić information content (AvgIpc) is 2.32. The van der Waals surface area contributed by atoms with Crippen LogP contribution in [0.2, 0.25) is 0 Å². The molecule has 0 aromatic carbocycles. The fraction of sp³-hybridized carbons (Fsp3) is 0.929. The SMILES string of the molecule is CCOCCCNC(=S)NC1CCCCCCC1. The second-order valence-corrected chi connectivity index (χ2v) is 5.40. The lowest BCUT2D eigenvalue weighted by molar-refractivity contribution is 0.145. The van der Waals surface area contributed by atoms with Crippen molar-refractivity contribution >= 4 is 17.3 Å². The van der Waals surface area contributed by atoms with Gasteiger partial charge in [0.15, 0.2) is 5.11 Å². The van der Waals surface area contributed by atoms with E-state index in [-0.39, 0.29) is 0 Å². The lowest BCUT2D eigenvalue weighted by Crippen LogP contribution is -2.42. The molecule has 1 saturated carbocycles. The van der Waals surface area contributed by atoms with Crippen molar-refractivity contribution < 1.29 is 4.74 Å². The number of rotatable bonds is 6. The van der Waals surface area contributed by atoms with Gasteiger partial charge in [-0.25, -0.2) is 0 Å². The molecule has 0 radical (unpaired) electrons. The summed E-state index contributed by atoms with van der Waals surface area (Å²) in [6.07, 6.45) is 10.4. The Morgan fingerprint density at radius 3 is 2.50 bits per heavy atom. The van der Waals surface area contributed by atoms with Crippen LogP contribution >= 0.6 is 12.2 Å². The van der Waals surface area contributed by atoms with E-state index in [1.54, 1.807) is 0 Å². The molecule has 0 aromatic rings. The van der Waals surface area contributed by atoms with E-state index >= 15 is 0 Å². The van der Waals surface area contributed by atoms with Crippen molar-refractivity contribution in [3.05, 3.63) is 0 Å². The van der Waals surface area contributed by atoms with Gasteiger partial charge in [0.2, 0.25) is 0 Å². The number of nitrogens with one attached hydrogen (secondary N) is 2. The van der Waals surface area contributed by atoms with Crippen molar-refractivity contribution in [3.8, 4) is 0 Å². The van der Waals surface area contributed by atoms with Crippen molar-refractivity contribution in [1.29, 1.82) is 0 Å². The third-order valence-electron chi connectivity index (χ3n) is 3.40. The highest BCUT2D eigenvalue weighted by atomic mass is 32.1. The van der Waals surface area contributed by atoms with Crippen LogP contribution in [0.25, 0.3) is 0 Å². The molecule has 18 heavy (non-hydrogen) atoms. The Kier molecular flexibility index (Phi) is 9.22. The van der Waals surface area contributed by atoms with E-state index in [1.165, 1.54) is 44.9 Å². The summed E-state index contributed by atoms with van der Waals surface area (Å²) >= 11 is 5.33. The molecule has 2 N–H and O–H groups in total. The Morgan fingerprint density at radius 1 is 1.17 bits per heavy atom. The number of ether oxygens (including phenoxy) is 1. The van der Waals surface area contributed by atoms with E-state index in [2.05, 4.69) is 10.6 Å². The van der Waals surface area contributed by atoms with Crippen LogP contribution in [-0.2, 0) is 4.74 Å². The normalized spacial score (nSPS) is 17.8. The van der Waals surface area contributed by atoms with E-state index in [0.29, 0.717) is 6.04 Å².